The molecule has 0 spiro atoms. The Labute approximate surface area is 191 Å². The maximum Gasteiger partial charge on any atom is 0.337 e. The molecule has 1 aliphatic rings. The summed E-state index contributed by atoms with van der Waals surface area (Å²) in [4.78, 5) is 16.3. The third kappa shape index (κ3) is 6.54. The van der Waals surface area contributed by atoms with E-state index in [2.05, 4.69) is 57.4 Å². The number of esters is 1. The smallest absolute Gasteiger partial charge is 0.337 e. The van der Waals surface area contributed by atoms with Crippen molar-refractivity contribution < 1.29 is 17.9 Å². The number of carbonyl (C=O) groups is 1. The molecule has 7 nitrogen and oxygen atoms in total. The van der Waals surface area contributed by atoms with Crippen molar-refractivity contribution in [2.24, 2.45) is 0 Å². The van der Waals surface area contributed by atoms with Crippen molar-refractivity contribution >= 4 is 21.7 Å². The van der Waals surface area contributed by atoms with Crippen molar-refractivity contribution in [1.82, 2.24) is 9.62 Å². The molecule has 1 aliphatic heterocycles. The van der Waals surface area contributed by atoms with E-state index in [9.17, 15) is 13.2 Å². The molecule has 1 heterocycles. The predicted octanol–water partition coefficient (Wildman–Crippen LogP) is 2.88. The van der Waals surface area contributed by atoms with Crippen molar-refractivity contribution in [3.05, 3.63) is 65.7 Å². The molecular weight excluding hydrogens is 426 g/mol. The van der Waals surface area contributed by atoms with Crippen molar-refractivity contribution in [3.8, 4) is 0 Å². The van der Waals surface area contributed by atoms with Crippen LogP contribution < -0.4 is 9.62 Å². The minimum atomic E-state index is -3.37. The zero-order valence-corrected chi connectivity index (χ0v) is 19.8. The molecule has 0 bridgehead atoms. The van der Waals surface area contributed by atoms with Gasteiger partial charge in [-0.3, -0.25) is 4.90 Å². The third-order valence-electron chi connectivity index (χ3n) is 5.81. The van der Waals surface area contributed by atoms with Crippen LogP contribution in [0.25, 0.3) is 0 Å². The van der Waals surface area contributed by atoms with Crippen LogP contribution in [-0.2, 0) is 21.3 Å². The SMILES string of the molecule is COC(=O)c1ccc(CNS(=O)(=O)CCCN2C[C@@H](C)N(c3ccccc3)[C@@H](C)C2)cc1. The van der Waals surface area contributed by atoms with E-state index in [1.165, 1.54) is 12.8 Å². The number of sulfonamides is 1. The average Bonchev–Trinajstić information content (AvgIpc) is 2.78. The Morgan fingerprint density at radius 3 is 2.25 bits per heavy atom. The molecule has 2 atom stereocenters. The van der Waals surface area contributed by atoms with Crippen LogP contribution in [0.3, 0.4) is 0 Å². The van der Waals surface area contributed by atoms with Crippen molar-refractivity contribution in [3.63, 3.8) is 0 Å². The van der Waals surface area contributed by atoms with Crippen LogP contribution in [0.2, 0.25) is 0 Å². The van der Waals surface area contributed by atoms with Crippen LogP contribution in [0.1, 0.15) is 36.2 Å². The minimum absolute atomic E-state index is 0.0922. The lowest BCUT2D eigenvalue weighted by molar-refractivity contribution is 0.0600. The summed E-state index contributed by atoms with van der Waals surface area (Å²) in [6.45, 7) is 7.23. The molecule has 0 saturated carbocycles. The Balaban J connectivity index is 1.44. The molecule has 32 heavy (non-hydrogen) atoms. The number of nitrogens with one attached hydrogen (secondary N) is 1. The second-order valence-corrected chi connectivity index (χ2v) is 10.3. The normalized spacial score (nSPS) is 19.7. The third-order valence-corrected chi connectivity index (χ3v) is 7.22. The molecule has 0 aromatic heterocycles. The number of benzene rings is 2. The predicted molar refractivity (Wildman–Crippen MR) is 127 cm³/mol. The van der Waals surface area contributed by atoms with Gasteiger partial charge in [-0.1, -0.05) is 30.3 Å². The number of piperazine rings is 1. The summed E-state index contributed by atoms with van der Waals surface area (Å²) in [6, 6.07) is 17.9. The standard InChI is InChI=1S/C24H33N3O4S/c1-19-17-26(18-20(2)27(19)23-8-5-4-6-9-23)14-7-15-32(29,30)25-16-21-10-12-22(13-11-21)24(28)31-3/h4-6,8-13,19-20,25H,7,14-18H2,1-3H3/t19-,20+. The Morgan fingerprint density at radius 1 is 1.03 bits per heavy atom. The number of hydrogen-bond acceptors (Lipinski definition) is 6. The molecule has 8 heteroatoms. The molecule has 0 radical (unpaired) electrons. The molecular formula is C24H33N3O4S. The van der Waals surface area contributed by atoms with Gasteiger partial charge in [0.1, 0.15) is 0 Å². The lowest BCUT2D eigenvalue weighted by Gasteiger charge is -2.46. The zero-order chi connectivity index (χ0) is 23.1. The summed E-state index contributed by atoms with van der Waals surface area (Å²) < 4.78 is 32.2. The highest BCUT2D eigenvalue weighted by molar-refractivity contribution is 7.89. The summed E-state index contributed by atoms with van der Waals surface area (Å²) >= 11 is 0. The fraction of sp³-hybridized carbons (Fsp3) is 0.458. The summed E-state index contributed by atoms with van der Waals surface area (Å²) in [6.07, 6.45) is 0.585. The van der Waals surface area contributed by atoms with E-state index < -0.39 is 16.0 Å². The van der Waals surface area contributed by atoms with Crippen LogP contribution in [0.5, 0.6) is 0 Å². The number of rotatable bonds is 9. The number of ether oxygens (including phenoxy) is 1. The first-order valence-corrected chi connectivity index (χ1v) is 12.6. The first-order chi connectivity index (χ1) is 15.3. The Morgan fingerprint density at radius 2 is 1.66 bits per heavy atom. The molecule has 0 aliphatic carbocycles. The summed E-state index contributed by atoms with van der Waals surface area (Å²) in [5.74, 6) is -0.320. The van der Waals surface area contributed by atoms with Gasteiger partial charge in [0.05, 0.1) is 18.4 Å². The van der Waals surface area contributed by atoms with Crippen LogP contribution in [0.4, 0.5) is 5.69 Å². The number of methoxy groups -OCH3 is 1. The highest BCUT2D eigenvalue weighted by Gasteiger charge is 2.29. The van der Waals surface area contributed by atoms with Crippen LogP contribution in [0.15, 0.2) is 54.6 Å². The summed E-state index contributed by atoms with van der Waals surface area (Å²) in [5, 5.41) is 0. The Bertz CT molecular complexity index is 968. The molecule has 174 valence electrons. The molecule has 2 aromatic rings. The van der Waals surface area contributed by atoms with Crippen LogP contribution >= 0.6 is 0 Å². The lowest BCUT2D eigenvalue weighted by Crippen LogP contribution is -2.57. The van der Waals surface area contributed by atoms with Gasteiger partial charge < -0.3 is 9.64 Å². The fourth-order valence-corrected chi connectivity index (χ4v) is 5.38. The van der Waals surface area contributed by atoms with E-state index in [1.54, 1.807) is 24.3 Å². The van der Waals surface area contributed by atoms with Gasteiger partial charge in [0.25, 0.3) is 0 Å². The van der Waals surface area contributed by atoms with Crippen LogP contribution in [0, 0.1) is 0 Å². The van der Waals surface area contributed by atoms with Crippen molar-refractivity contribution in [1.29, 1.82) is 0 Å². The van der Waals surface area contributed by atoms with Gasteiger partial charge in [-0.25, -0.2) is 17.9 Å². The summed E-state index contributed by atoms with van der Waals surface area (Å²) in [5.41, 5.74) is 2.47. The first kappa shape index (κ1) is 24.2. The van der Waals surface area contributed by atoms with E-state index in [1.807, 2.05) is 6.07 Å². The van der Waals surface area contributed by atoms with Gasteiger partial charge in [0.15, 0.2) is 0 Å². The van der Waals surface area contributed by atoms with E-state index in [-0.39, 0.29) is 12.3 Å². The van der Waals surface area contributed by atoms with Gasteiger partial charge in [-0.2, -0.15) is 0 Å². The van der Waals surface area contributed by atoms with E-state index in [4.69, 9.17) is 0 Å². The molecule has 1 fully saturated rings. The summed E-state index contributed by atoms with van der Waals surface area (Å²) in [7, 11) is -2.04. The highest BCUT2D eigenvalue weighted by Crippen LogP contribution is 2.24. The highest BCUT2D eigenvalue weighted by atomic mass is 32.2. The molecule has 1 saturated heterocycles. The van der Waals surface area contributed by atoms with Gasteiger partial charge in [0.2, 0.25) is 10.0 Å². The minimum Gasteiger partial charge on any atom is -0.465 e. The maximum atomic E-state index is 12.4. The maximum absolute atomic E-state index is 12.4. The first-order valence-electron chi connectivity index (χ1n) is 11.0. The topological polar surface area (TPSA) is 78.9 Å². The van der Waals surface area contributed by atoms with Gasteiger partial charge in [0, 0.05) is 37.4 Å². The van der Waals surface area contributed by atoms with Gasteiger partial charge in [-0.05, 0) is 56.6 Å². The van der Waals surface area contributed by atoms with Crippen LogP contribution in [-0.4, -0.2) is 63.9 Å². The molecule has 0 unspecified atom stereocenters. The number of carbonyl (C=O) groups excluding carboxylic acids is 1. The Hall–Kier alpha value is -2.42. The van der Waals surface area contributed by atoms with Crippen molar-refractivity contribution in [2.75, 3.05) is 37.4 Å². The molecule has 3 rings (SSSR count). The van der Waals surface area contributed by atoms with E-state index in [0.717, 1.165) is 25.2 Å². The second kappa shape index (κ2) is 10.9. The molecule has 2 aromatic carbocycles. The average molecular weight is 460 g/mol. The number of hydrogen-bond donors (Lipinski definition) is 1. The lowest BCUT2D eigenvalue weighted by atomic mass is 10.1. The van der Waals surface area contributed by atoms with E-state index in [0.29, 0.717) is 24.1 Å². The van der Waals surface area contributed by atoms with Crippen molar-refractivity contribution in [2.45, 2.75) is 38.9 Å². The molecule has 1 N–H and O–H groups in total. The number of anilines is 1. The largest absolute Gasteiger partial charge is 0.465 e. The fourth-order valence-electron chi connectivity index (χ4n) is 4.34. The Kier molecular flexibility index (Phi) is 8.28. The van der Waals surface area contributed by atoms with Gasteiger partial charge >= 0.3 is 5.97 Å². The zero-order valence-electron chi connectivity index (χ0n) is 19.0. The number of nitrogens with zero attached hydrogens (tertiary/aromatic N) is 2. The number of para-hydroxylation sites is 1. The molecule has 0 amide bonds. The quantitative estimate of drug-likeness (QED) is 0.581. The van der Waals surface area contributed by atoms with Gasteiger partial charge in [-0.15, -0.1) is 0 Å². The van der Waals surface area contributed by atoms with E-state index >= 15 is 0 Å². The second-order valence-electron chi connectivity index (χ2n) is 8.38. The monoisotopic (exact) mass is 459 g/mol.